The van der Waals surface area contributed by atoms with Gasteiger partial charge < -0.3 is 4.74 Å². The van der Waals surface area contributed by atoms with E-state index in [4.69, 9.17) is 4.74 Å². The fourth-order valence-electron chi connectivity index (χ4n) is 3.32. The highest BCUT2D eigenvalue weighted by Crippen LogP contribution is 2.29. The summed E-state index contributed by atoms with van der Waals surface area (Å²) in [7, 11) is 0. The molecule has 138 valence electrons. The number of ether oxygens (including phenoxy) is 1. The lowest BCUT2D eigenvalue weighted by atomic mass is 9.90. The Kier molecular flexibility index (Phi) is 5.21. The number of aromatic nitrogens is 1. The molecule has 0 aliphatic heterocycles. The van der Waals surface area contributed by atoms with E-state index in [0.717, 1.165) is 17.7 Å². The van der Waals surface area contributed by atoms with Crippen molar-refractivity contribution in [2.24, 2.45) is 0 Å². The average Bonchev–Trinajstić information content (AvgIpc) is 3.17. The van der Waals surface area contributed by atoms with Gasteiger partial charge in [0.2, 0.25) is 0 Å². The minimum atomic E-state index is -0.594. The van der Waals surface area contributed by atoms with E-state index in [1.807, 2.05) is 35.7 Å². The normalized spacial score (nSPS) is 14.3. The lowest BCUT2D eigenvalue weighted by Crippen LogP contribution is -2.30. The lowest BCUT2D eigenvalue weighted by Gasteiger charge is -2.16. The summed E-state index contributed by atoms with van der Waals surface area (Å²) >= 11 is 1.44. The molecule has 27 heavy (non-hydrogen) atoms. The zero-order valence-electron chi connectivity index (χ0n) is 15.3. The van der Waals surface area contributed by atoms with Gasteiger partial charge in [-0.05, 0) is 61.9 Å². The first-order chi connectivity index (χ1) is 13.2. The zero-order valence-corrected chi connectivity index (χ0v) is 16.1. The summed E-state index contributed by atoms with van der Waals surface area (Å²) in [5.41, 5.74) is 4.91. The van der Waals surface area contributed by atoms with Crippen molar-refractivity contribution in [3.05, 3.63) is 65.0 Å². The maximum atomic E-state index is 12.4. The number of fused-ring (bicyclic) bond motifs is 1. The minimum Gasteiger partial charge on any atom is -0.481 e. The largest absolute Gasteiger partial charge is 0.481 e. The molecule has 1 heterocycles. The van der Waals surface area contributed by atoms with Crippen LogP contribution in [-0.2, 0) is 17.6 Å². The maximum Gasteiger partial charge on any atom is 0.266 e. The van der Waals surface area contributed by atoms with E-state index < -0.39 is 6.10 Å². The Labute approximate surface area is 163 Å². The van der Waals surface area contributed by atoms with Gasteiger partial charge in [-0.2, -0.15) is 0 Å². The third-order valence-corrected chi connectivity index (χ3v) is 5.56. The number of amides is 1. The van der Waals surface area contributed by atoms with Gasteiger partial charge in [0.05, 0.1) is 5.69 Å². The van der Waals surface area contributed by atoms with Crippen LogP contribution >= 0.6 is 11.3 Å². The summed E-state index contributed by atoms with van der Waals surface area (Å²) in [6.45, 7) is 1.74. The Morgan fingerprint density at radius 1 is 1.11 bits per heavy atom. The number of thiazole rings is 1. The van der Waals surface area contributed by atoms with Crippen molar-refractivity contribution in [3.63, 3.8) is 0 Å². The van der Waals surface area contributed by atoms with E-state index >= 15 is 0 Å². The van der Waals surface area contributed by atoms with Crippen molar-refractivity contribution in [2.45, 2.75) is 38.7 Å². The highest BCUT2D eigenvalue weighted by atomic mass is 32.1. The molecule has 1 amide bonds. The number of aryl methyl sites for hydroxylation is 2. The van der Waals surface area contributed by atoms with Gasteiger partial charge in [0.1, 0.15) is 5.75 Å². The van der Waals surface area contributed by atoms with E-state index in [-0.39, 0.29) is 5.91 Å². The molecule has 1 atom stereocenters. The summed E-state index contributed by atoms with van der Waals surface area (Å²) in [6, 6.07) is 15.9. The summed E-state index contributed by atoms with van der Waals surface area (Å²) in [6.07, 6.45) is 4.26. The predicted octanol–water partition coefficient (Wildman–Crippen LogP) is 5.09. The summed E-state index contributed by atoms with van der Waals surface area (Å²) in [5, 5.41) is 5.44. The quantitative estimate of drug-likeness (QED) is 0.672. The van der Waals surface area contributed by atoms with Gasteiger partial charge in [0.25, 0.3) is 5.91 Å². The van der Waals surface area contributed by atoms with Crippen molar-refractivity contribution >= 4 is 22.4 Å². The Morgan fingerprint density at radius 2 is 1.89 bits per heavy atom. The Hall–Kier alpha value is -2.66. The fraction of sp³-hybridized carbons (Fsp3) is 0.273. The molecule has 0 bridgehead atoms. The molecule has 0 fully saturated rings. The number of rotatable bonds is 5. The van der Waals surface area contributed by atoms with Gasteiger partial charge in [0.15, 0.2) is 11.2 Å². The molecule has 1 N–H and O–H groups in total. The molecule has 0 saturated carbocycles. The molecule has 4 nitrogen and oxygen atoms in total. The van der Waals surface area contributed by atoms with Crippen LogP contribution in [0, 0.1) is 0 Å². The van der Waals surface area contributed by atoms with Crippen LogP contribution in [-0.4, -0.2) is 17.0 Å². The molecule has 4 rings (SSSR count). The summed E-state index contributed by atoms with van der Waals surface area (Å²) in [4.78, 5) is 17.0. The minimum absolute atomic E-state index is 0.204. The number of carbonyl (C=O) groups is 1. The van der Waals surface area contributed by atoms with Crippen LogP contribution < -0.4 is 10.1 Å². The molecule has 0 spiro atoms. The first-order valence-electron chi connectivity index (χ1n) is 9.29. The Bertz CT molecular complexity index is 936. The maximum absolute atomic E-state index is 12.4. The van der Waals surface area contributed by atoms with Gasteiger partial charge in [0, 0.05) is 10.9 Å². The van der Waals surface area contributed by atoms with Crippen molar-refractivity contribution in [1.29, 1.82) is 0 Å². The molecular formula is C22H22N2O2S. The zero-order chi connectivity index (χ0) is 18.6. The molecular weight excluding hydrogens is 356 g/mol. The third-order valence-electron chi connectivity index (χ3n) is 4.80. The van der Waals surface area contributed by atoms with Gasteiger partial charge in [-0.1, -0.05) is 30.3 Å². The molecule has 0 saturated heterocycles. The van der Waals surface area contributed by atoms with Gasteiger partial charge in [-0.15, -0.1) is 11.3 Å². The number of para-hydroxylation sites is 1. The third kappa shape index (κ3) is 4.19. The number of benzene rings is 2. The van der Waals surface area contributed by atoms with Gasteiger partial charge in [-0.3, -0.25) is 10.1 Å². The van der Waals surface area contributed by atoms with Crippen LogP contribution in [0.5, 0.6) is 5.75 Å². The topological polar surface area (TPSA) is 51.2 Å². The monoisotopic (exact) mass is 378 g/mol. The first kappa shape index (κ1) is 17.7. The number of hydrogen-bond acceptors (Lipinski definition) is 4. The smallest absolute Gasteiger partial charge is 0.266 e. The van der Waals surface area contributed by atoms with Crippen LogP contribution in [0.1, 0.15) is 30.9 Å². The molecule has 1 aromatic heterocycles. The van der Waals surface area contributed by atoms with Crippen LogP contribution in [0.2, 0.25) is 0 Å². The van der Waals surface area contributed by atoms with Crippen molar-refractivity contribution in [3.8, 4) is 17.0 Å². The molecule has 2 aromatic carbocycles. The van der Waals surface area contributed by atoms with Crippen LogP contribution in [0.15, 0.2) is 53.9 Å². The van der Waals surface area contributed by atoms with Gasteiger partial charge in [-0.25, -0.2) is 4.98 Å². The summed E-state index contributed by atoms with van der Waals surface area (Å²) in [5.74, 6) is 0.472. The first-order valence-corrected chi connectivity index (χ1v) is 10.2. The van der Waals surface area contributed by atoms with Crippen LogP contribution in [0.4, 0.5) is 5.13 Å². The number of hydrogen-bond donors (Lipinski definition) is 1. The number of carbonyl (C=O) groups excluding carboxylic acids is 1. The molecule has 0 radical (unpaired) electrons. The Morgan fingerprint density at radius 3 is 2.70 bits per heavy atom. The second-order valence-electron chi connectivity index (χ2n) is 6.79. The van der Waals surface area contributed by atoms with E-state index in [1.54, 1.807) is 6.92 Å². The van der Waals surface area contributed by atoms with E-state index in [1.165, 1.54) is 41.7 Å². The SMILES string of the molecule is C[C@@H](Oc1ccccc1)C(=O)Nc1nc(-c2ccc3c(c2)CCCC3)cs1. The predicted molar refractivity (Wildman–Crippen MR) is 109 cm³/mol. The molecule has 1 aliphatic carbocycles. The van der Waals surface area contributed by atoms with E-state index in [2.05, 4.69) is 28.5 Å². The average molecular weight is 378 g/mol. The standard InChI is InChI=1S/C22H22N2O2S/c1-15(26-19-9-3-2-4-10-19)21(25)24-22-23-20(14-27-22)18-12-11-16-7-5-6-8-17(16)13-18/h2-4,9-15H,5-8H2,1H3,(H,23,24,25)/t15-/m1/s1. The fourth-order valence-corrected chi connectivity index (χ4v) is 4.04. The highest BCUT2D eigenvalue weighted by Gasteiger charge is 2.17. The second-order valence-corrected chi connectivity index (χ2v) is 7.65. The van der Waals surface area contributed by atoms with Crippen LogP contribution in [0.25, 0.3) is 11.3 Å². The number of nitrogens with one attached hydrogen (secondary N) is 1. The van der Waals surface area contributed by atoms with Crippen molar-refractivity contribution < 1.29 is 9.53 Å². The Balaban J connectivity index is 1.42. The number of nitrogens with zero attached hydrogens (tertiary/aromatic N) is 1. The van der Waals surface area contributed by atoms with Crippen LogP contribution in [0.3, 0.4) is 0 Å². The van der Waals surface area contributed by atoms with E-state index in [9.17, 15) is 4.79 Å². The molecule has 5 heteroatoms. The lowest BCUT2D eigenvalue weighted by molar-refractivity contribution is -0.122. The summed E-state index contributed by atoms with van der Waals surface area (Å²) < 4.78 is 5.67. The second kappa shape index (κ2) is 7.92. The van der Waals surface area contributed by atoms with E-state index in [0.29, 0.717) is 10.9 Å². The molecule has 1 aliphatic rings. The highest BCUT2D eigenvalue weighted by molar-refractivity contribution is 7.14. The van der Waals surface area contributed by atoms with Crippen molar-refractivity contribution in [1.82, 2.24) is 4.98 Å². The number of anilines is 1. The van der Waals surface area contributed by atoms with Gasteiger partial charge >= 0.3 is 0 Å². The molecule has 0 unspecified atom stereocenters. The molecule has 3 aromatic rings. The van der Waals surface area contributed by atoms with Crippen molar-refractivity contribution in [2.75, 3.05) is 5.32 Å².